The van der Waals surface area contributed by atoms with E-state index < -0.39 is 5.67 Å². The average Bonchev–Trinajstić information content (AvgIpc) is 2.83. The normalized spacial score (nSPS) is 11.5. The van der Waals surface area contributed by atoms with Gasteiger partial charge >= 0.3 is 0 Å². The van der Waals surface area contributed by atoms with Crippen LogP contribution < -0.4 is 0 Å². The molecule has 0 spiro atoms. The lowest BCUT2D eigenvalue weighted by Gasteiger charge is -2.30. The van der Waals surface area contributed by atoms with Crippen LogP contribution in [0, 0.1) is 6.92 Å². The molecule has 0 heterocycles. The molecule has 2 aromatic rings. The second kappa shape index (κ2) is 15.7. The SMILES string of the molecule is C=C/C(C(=C)C(=C)/C=C\C)=C(/c1ccccc1)N(C)C(C)C.CC.Cc1cccc(C(C)(C)F)c1. The predicted molar refractivity (Wildman–Crippen MR) is 156 cm³/mol. The summed E-state index contributed by atoms with van der Waals surface area (Å²) in [5, 5.41) is 0. The molecule has 2 aromatic carbocycles. The van der Waals surface area contributed by atoms with Crippen LogP contribution in [-0.2, 0) is 5.67 Å². The summed E-state index contributed by atoms with van der Waals surface area (Å²) >= 11 is 0. The van der Waals surface area contributed by atoms with E-state index in [1.54, 1.807) is 13.8 Å². The summed E-state index contributed by atoms with van der Waals surface area (Å²) in [5.41, 5.74) is 5.74. The van der Waals surface area contributed by atoms with Gasteiger partial charge in [-0.15, -0.1) is 0 Å². The first-order valence-corrected chi connectivity index (χ1v) is 12.4. The van der Waals surface area contributed by atoms with Crippen molar-refractivity contribution in [3.05, 3.63) is 126 Å². The molecule has 0 N–H and O–H groups in total. The summed E-state index contributed by atoms with van der Waals surface area (Å²) in [5.74, 6) is 0. The third kappa shape index (κ3) is 10.3. The Morgan fingerprint density at radius 1 is 1.00 bits per heavy atom. The monoisotopic (exact) mass is 475 g/mol. The molecule has 0 saturated carbocycles. The van der Waals surface area contributed by atoms with Gasteiger partial charge in [0.15, 0.2) is 0 Å². The fourth-order valence-electron chi connectivity index (χ4n) is 3.26. The van der Waals surface area contributed by atoms with Gasteiger partial charge in [-0.25, -0.2) is 4.39 Å². The van der Waals surface area contributed by atoms with Crippen LogP contribution in [0.3, 0.4) is 0 Å². The van der Waals surface area contributed by atoms with Crippen LogP contribution >= 0.6 is 0 Å². The number of benzene rings is 2. The van der Waals surface area contributed by atoms with Gasteiger partial charge in [0.1, 0.15) is 5.67 Å². The molecule has 0 fully saturated rings. The minimum atomic E-state index is -1.22. The van der Waals surface area contributed by atoms with Crippen molar-refractivity contribution < 1.29 is 4.39 Å². The standard InChI is InChI=1S/C21H27N.C10H13F.C2H6/c1-8-13-17(5)18(6)20(9-2)21(22(7)16(3)4)19-14-11-10-12-15-19;1-8-5-4-6-9(7-8)10(2,3)11;1-2/h8-16H,2,5-6H2,1,3-4,7H3;4-7H,1-3H3;1-2H3/b13-8-,21-20+;;. The Labute approximate surface area is 215 Å². The van der Waals surface area contributed by atoms with Gasteiger partial charge in [-0.3, -0.25) is 0 Å². The summed E-state index contributed by atoms with van der Waals surface area (Å²) in [6, 6.07) is 18.3. The van der Waals surface area contributed by atoms with E-state index in [0.717, 1.165) is 39.1 Å². The Kier molecular flexibility index (Phi) is 14.3. The van der Waals surface area contributed by atoms with Gasteiger partial charge in [-0.2, -0.15) is 0 Å². The van der Waals surface area contributed by atoms with Crippen LogP contribution in [0.4, 0.5) is 4.39 Å². The molecule has 35 heavy (non-hydrogen) atoms. The van der Waals surface area contributed by atoms with E-state index in [1.807, 2.05) is 88.4 Å². The highest BCUT2D eigenvalue weighted by molar-refractivity contribution is 5.76. The summed E-state index contributed by atoms with van der Waals surface area (Å²) in [6.07, 6.45) is 5.82. The first kappa shape index (κ1) is 31.9. The quantitative estimate of drug-likeness (QED) is 0.343. The minimum absolute atomic E-state index is 0.368. The molecular weight excluding hydrogens is 429 g/mol. The van der Waals surface area contributed by atoms with Crippen LogP contribution in [0.15, 0.2) is 109 Å². The van der Waals surface area contributed by atoms with Crippen LogP contribution in [-0.4, -0.2) is 18.0 Å². The molecule has 0 aliphatic carbocycles. The second-order valence-corrected chi connectivity index (χ2v) is 8.88. The zero-order valence-corrected chi connectivity index (χ0v) is 23.5. The predicted octanol–water partition coefficient (Wildman–Crippen LogP) is 9.84. The topological polar surface area (TPSA) is 3.24 Å². The number of halogens is 1. The fourth-order valence-corrected chi connectivity index (χ4v) is 3.26. The number of rotatable bonds is 8. The maximum absolute atomic E-state index is 13.3. The van der Waals surface area contributed by atoms with Crippen molar-refractivity contribution in [3.63, 3.8) is 0 Å². The maximum atomic E-state index is 13.3. The van der Waals surface area contributed by atoms with Gasteiger partial charge in [0.25, 0.3) is 0 Å². The highest BCUT2D eigenvalue weighted by atomic mass is 19.1. The fraction of sp³-hybridized carbons (Fsp3) is 0.333. The van der Waals surface area contributed by atoms with Crippen molar-refractivity contribution in [3.8, 4) is 0 Å². The van der Waals surface area contributed by atoms with Crippen molar-refractivity contribution in [1.29, 1.82) is 0 Å². The third-order valence-corrected chi connectivity index (χ3v) is 5.42. The Bertz CT molecular complexity index is 1000. The van der Waals surface area contributed by atoms with E-state index >= 15 is 0 Å². The van der Waals surface area contributed by atoms with E-state index in [4.69, 9.17) is 0 Å². The Morgan fingerprint density at radius 3 is 1.97 bits per heavy atom. The van der Waals surface area contributed by atoms with Crippen LogP contribution in [0.25, 0.3) is 5.70 Å². The molecule has 0 bridgehead atoms. The molecule has 190 valence electrons. The number of hydrogen-bond donors (Lipinski definition) is 0. The average molecular weight is 476 g/mol. The maximum Gasteiger partial charge on any atom is 0.130 e. The number of hydrogen-bond acceptors (Lipinski definition) is 1. The molecule has 2 heteroatoms. The molecule has 0 radical (unpaired) electrons. The number of alkyl halides is 1. The molecule has 0 unspecified atom stereocenters. The molecular formula is C33H46FN. The first-order valence-electron chi connectivity index (χ1n) is 12.4. The molecule has 0 atom stereocenters. The number of aryl methyl sites for hydroxylation is 1. The van der Waals surface area contributed by atoms with E-state index in [2.05, 4.69) is 57.7 Å². The Balaban J connectivity index is 0.000000742. The minimum Gasteiger partial charge on any atom is -0.371 e. The third-order valence-electron chi connectivity index (χ3n) is 5.42. The van der Waals surface area contributed by atoms with E-state index in [1.165, 1.54) is 0 Å². The van der Waals surface area contributed by atoms with Crippen molar-refractivity contribution in [2.24, 2.45) is 0 Å². The van der Waals surface area contributed by atoms with Gasteiger partial charge in [0.05, 0.1) is 5.70 Å². The van der Waals surface area contributed by atoms with E-state index in [9.17, 15) is 4.39 Å². The Hall–Kier alpha value is -3.13. The van der Waals surface area contributed by atoms with Crippen LogP contribution in [0.5, 0.6) is 0 Å². The van der Waals surface area contributed by atoms with Gasteiger partial charge < -0.3 is 4.90 Å². The number of allylic oxidation sites excluding steroid dienone is 6. The smallest absolute Gasteiger partial charge is 0.130 e. The summed E-state index contributed by atoms with van der Waals surface area (Å²) in [6.45, 7) is 27.8. The van der Waals surface area contributed by atoms with Gasteiger partial charge in [0.2, 0.25) is 0 Å². The van der Waals surface area contributed by atoms with E-state index in [-0.39, 0.29) is 0 Å². The molecule has 0 amide bonds. The van der Waals surface area contributed by atoms with Gasteiger partial charge in [-0.05, 0) is 63.8 Å². The second-order valence-electron chi connectivity index (χ2n) is 8.88. The number of nitrogens with zero attached hydrogens (tertiary/aromatic N) is 1. The van der Waals surface area contributed by atoms with Crippen molar-refractivity contribution in [1.82, 2.24) is 4.90 Å². The zero-order valence-electron chi connectivity index (χ0n) is 23.5. The molecule has 1 nitrogen and oxygen atoms in total. The molecule has 0 aromatic heterocycles. The summed E-state index contributed by atoms with van der Waals surface area (Å²) < 4.78 is 13.3. The summed E-state index contributed by atoms with van der Waals surface area (Å²) in [4.78, 5) is 2.25. The first-order chi connectivity index (χ1) is 16.4. The highest BCUT2D eigenvalue weighted by Crippen LogP contribution is 2.31. The molecule has 0 saturated heterocycles. The van der Waals surface area contributed by atoms with E-state index in [0.29, 0.717) is 6.04 Å². The summed E-state index contributed by atoms with van der Waals surface area (Å²) in [7, 11) is 2.10. The largest absolute Gasteiger partial charge is 0.371 e. The van der Waals surface area contributed by atoms with Gasteiger partial charge in [-0.1, -0.05) is 112 Å². The molecule has 0 aliphatic rings. The zero-order chi connectivity index (χ0) is 27.2. The molecule has 2 rings (SSSR count). The van der Waals surface area contributed by atoms with Crippen LogP contribution in [0.1, 0.15) is 65.2 Å². The van der Waals surface area contributed by atoms with Crippen molar-refractivity contribution in [2.45, 2.75) is 67.1 Å². The lowest BCUT2D eigenvalue weighted by Crippen LogP contribution is -2.26. The lowest BCUT2D eigenvalue weighted by molar-refractivity contribution is 0.221. The van der Waals surface area contributed by atoms with Crippen LogP contribution in [0.2, 0.25) is 0 Å². The Morgan fingerprint density at radius 2 is 1.57 bits per heavy atom. The van der Waals surface area contributed by atoms with Gasteiger partial charge in [0, 0.05) is 18.7 Å². The molecule has 0 aliphatic heterocycles. The highest BCUT2D eigenvalue weighted by Gasteiger charge is 2.18. The lowest BCUT2D eigenvalue weighted by atomic mass is 9.94. The van der Waals surface area contributed by atoms with Crippen molar-refractivity contribution in [2.75, 3.05) is 7.05 Å². The van der Waals surface area contributed by atoms with Crippen molar-refractivity contribution >= 4 is 5.70 Å².